The van der Waals surface area contributed by atoms with Gasteiger partial charge in [0.15, 0.2) is 6.10 Å². The van der Waals surface area contributed by atoms with Gasteiger partial charge in [-0.1, -0.05) is 17.3 Å². The number of nitrogens with one attached hydrogen (secondary N) is 1. The second-order valence-corrected chi connectivity index (χ2v) is 3.80. The monoisotopic (exact) mass is 265 g/mol. The number of nitrogens with zero attached hydrogens (tertiary/aromatic N) is 1. The molecular formula is C12H15N3O4. The van der Waals surface area contributed by atoms with Gasteiger partial charge in [-0.25, -0.2) is 4.79 Å². The molecule has 0 fully saturated rings. The fourth-order valence-corrected chi connectivity index (χ4v) is 1.39. The van der Waals surface area contributed by atoms with Gasteiger partial charge in [-0.2, -0.15) is 0 Å². The molecule has 0 saturated carbocycles. The predicted octanol–water partition coefficient (Wildman–Crippen LogP) is 0.847. The molecule has 1 aromatic carbocycles. The first-order chi connectivity index (χ1) is 8.95. The van der Waals surface area contributed by atoms with E-state index in [4.69, 9.17) is 15.7 Å². The fraction of sp³-hybridized carbons (Fsp3) is 0.250. The molecule has 0 aliphatic heterocycles. The maximum Gasteiger partial charge on any atom is 0.318 e. The Morgan fingerprint density at radius 3 is 2.63 bits per heavy atom. The van der Waals surface area contributed by atoms with Crippen LogP contribution in [0.25, 0.3) is 0 Å². The summed E-state index contributed by atoms with van der Waals surface area (Å²) in [6.07, 6.45) is -0.917. The molecule has 4 N–H and O–H groups in total. The van der Waals surface area contributed by atoms with E-state index in [1.165, 1.54) is 6.92 Å². The third-order valence-corrected chi connectivity index (χ3v) is 2.35. The van der Waals surface area contributed by atoms with Gasteiger partial charge < -0.3 is 15.7 Å². The Balaban J connectivity index is 2.88. The lowest BCUT2D eigenvalue weighted by atomic mass is 10.1. The maximum atomic E-state index is 11.5. The van der Waals surface area contributed by atoms with E-state index < -0.39 is 18.0 Å². The largest absolute Gasteiger partial charge is 0.480 e. The van der Waals surface area contributed by atoms with Gasteiger partial charge in [0.1, 0.15) is 5.75 Å². The lowest BCUT2D eigenvalue weighted by molar-refractivity contribution is -0.126. The van der Waals surface area contributed by atoms with Crippen LogP contribution in [0, 0.1) is 0 Å². The smallest absolute Gasteiger partial charge is 0.318 e. The van der Waals surface area contributed by atoms with E-state index >= 15 is 0 Å². The molecule has 0 aliphatic carbocycles. The summed E-state index contributed by atoms with van der Waals surface area (Å²) >= 11 is 0. The zero-order chi connectivity index (χ0) is 14.4. The van der Waals surface area contributed by atoms with Gasteiger partial charge in [-0.05, 0) is 26.0 Å². The van der Waals surface area contributed by atoms with Crippen LogP contribution in [0.4, 0.5) is 4.79 Å². The topological polar surface area (TPSA) is 114 Å². The van der Waals surface area contributed by atoms with Crippen LogP contribution >= 0.6 is 0 Å². The number of benzene rings is 1. The Morgan fingerprint density at radius 2 is 2.05 bits per heavy atom. The number of carbonyl (C=O) groups is 2. The molecule has 0 heterocycles. The molecule has 0 aliphatic rings. The molecule has 1 rings (SSSR count). The van der Waals surface area contributed by atoms with Crippen molar-refractivity contribution in [1.29, 1.82) is 0 Å². The number of ether oxygens (including phenoxy) is 1. The SMILES string of the molecule is C/C(=N\O)c1ccccc1OC(C)C(=O)NC(N)=O. The summed E-state index contributed by atoms with van der Waals surface area (Å²) in [6, 6.07) is 5.82. The molecule has 102 valence electrons. The number of urea groups is 1. The minimum absolute atomic E-state index is 0.345. The van der Waals surface area contributed by atoms with Crippen molar-refractivity contribution in [1.82, 2.24) is 5.32 Å². The van der Waals surface area contributed by atoms with Crippen molar-refractivity contribution >= 4 is 17.6 Å². The summed E-state index contributed by atoms with van der Waals surface area (Å²) in [5.41, 5.74) is 5.74. The predicted molar refractivity (Wildman–Crippen MR) is 68.3 cm³/mol. The van der Waals surface area contributed by atoms with Crippen molar-refractivity contribution in [3.63, 3.8) is 0 Å². The summed E-state index contributed by atoms with van der Waals surface area (Å²) in [4.78, 5) is 22.1. The second kappa shape index (κ2) is 6.39. The Labute approximate surface area is 110 Å². The molecule has 0 spiro atoms. The number of para-hydroxylation sites is 1. The third kappa shape index (κ3) is 3.98. The summed E-state index contributed by atoms with van der Waals surface area (Å²) in [6.45, 7) is 3.07. The number of hydrogen-bond acceptors (Lipinski definition) is 5. The summed E-state index contributed by atoms with van der Waals surface area (Å²) in [5.74, 6) is -0.286. The molecule has 0 bridgehead atoms. The van der Waals surface area contributed by atoms with Gasteiger partial charge in [0.25, 0.3) is 5.91 Å². The fourth-order valence-electron chi connectivity index (χ4n) is 1.39. The Morgan fingerprint density at radius 1 is 1.42 bits per heavy atom. The van der Waals surface area contributed by atoms with Crippen LogP contribution in [0.1, 0.15) is 19.4 Å². The number of amides is 3. The van der Waals surface area contributed by atoms with Crippen LogP contribution in [0.5, 0.6) is 5.75 Å². The number of imide groups is 1. The van der Waals surface area contributed by atoms with Gasteiger partial charge >= 0.3 is 6.03 Å². The number of hydrogen-bond donors (Lipinski definition) is 3. The molecule has 1 atom stereocenters. The number of nitrogens with two attached hydrogens (primary N) is 1. The van der Waals surface area contributed by atoms with E-state index in [1.54, 1.807) is 31.2 Å². The number of oxime groups is 1. The van der Waals surface area contributed by atoms with Crippen molar-refractivity contribution in [2.24, 2.45) is 10.9 Å². The van der Waals surface area contributed by atoms with Crippen LogP contribution in [0.15, 0.2) is 29.4 Å². The normalized spacial score (nSPS) is 12.6. The van der Waals surface area contributed by atoms with Gasteiger partial charge in [-0.15, -0.1) is 0 Å². The highest BCUT2D eigenvalue weighted by Crippen LogP contribution is 2.20. The van der Waals surface area contributed by atoms with E-state index in [0.717, 1.165) is 0 Å². The molecular weight excluding hydrogens is 250 g/mol. The van der Waals surface area contributed by atoms with Gasteiger partial charge in [0.05, 0.1) is 5.71 Å². The summed E-state index contributed by atoms with van der Waals surface area (Å²) in [7, 11) is 0. The first-order valence-corrected chi connectivity index (χ1v) is 5.50. The van der Waals surface area contributed by atoms with E-state index in [1.807, 2.05) is 5.32 Å². The van der Waals surface area contributed by atoms with Crippen molar-refractivity contribution in [3.8, 4) is 5.75 Å². The Kier molecular flexibility index (Phi) is 4.87. The van der Waals surface area contributed by atoms with Crippen molar-refractivity contribution in [2.45, 2.75) is 20.0 Å². The summed E-state index contributed by atoms with van der Waals surface area (Å²) in [5, 5.41) is 13.8. The quantitative estimate of drug-likeness (QED) is 0.425. The lowest BCUT2D eigenvalue weighted by Crippen LogP contribution is -2.42. The molecule has 0 aromatic heterocycles. The zero-order valence-corrected chi connectivity index (χ0v) is 10.6. The van der Waals surface area contributed by atoms with E-state index in [2.05, 4.69) is 5.16 Å². The third-order valence-electron chi connectivity index (χ3n) is 2.35. The van der Waals surface area contributed by atoms with Crippen molar-refractivity contribution in [2.75, 3.05) is 0 Å². The van der Waals surface area contributed by atoms with Crippen molar-refractivity contribution < 1.29 is 19.5 Å². The molecule has 1 unspecified atom stereocenters. The van der Waals surface area contributed by atoms with Crippen LogP contribution in [-0.4, -0.2) is 29.0 Å². The van der Waals surface area contributed by atoms with E-state index in [9.17, 15) is 9.59 Å². The Hall–Kier alpha value is -2.57. The maximum absolute atomic E-state index is 11.5. The summed E-state index contributed by atoms with van der Waals surface area (Å²) < 4.78 is 5.42. The van der Waals surface area contributed by atoms with Gasteiger partial charge in [-0.3, -0.25) is 10.1 Å². The first kappa shape index (κ1) is 14.5. The molecule has 7 nitrogen and oxygen atoms in total. The lowest BCUT2D eigenvalue weighted by Gasteiger charge is -2.15. The molecule has 0 saturated heterocycles. The molecule has 3 amide bonds. The van der Waals surface area contributed by atoms with E-state index in [-0.39, 0.29) is 0 Å². The number of carbonyl (C=O) groups excluding carboxylic acids is 2. The first-order valence-electron chi connectivity index (χ1n) is 5.50. The molecule has 0 radical (unpaired) electrons. The second-order valence-electron chi connectivity index (χ2n) is 3.80. The number of rotatable bonds is 4. The van der Waals surface area contributed by atoms with Crippen LogP contribution < -0.4 is 15.8 Å². The highest BCUT2D eigenvalue weighted by molar-refractivity contribution is 6.01. The van der Waals surface area contributed by atoms with Crippen LogP contribution in [0.3, 0.4) is 0 Å². The highest BCUT2D eigenvalue weighted by Gasteiger charge is 2.18. The molecule has 19 heavy (non-hydrogen) atoms. The molecule has 1 aromatic rings. The van der Waals surface area contributed by atoms with Crippen molar-refractivity contribution in [3.05, 3.63) is 29.8 Å². The van der Waals surface area contributed by atoms with Gasteiger partial charge in [0.2, 0.25) is 0 Å². The minimum Gasteiger partial charge on any atom is -0.480 e. The number of primary amides is 1. The van der Waals surface area contributed by atoms with Crippen LogP contribution in [0.2, 0.25) is 0 Å². The molecule has 7 heteroatoms. The average Bonchev–Trinajstić information content (AvgIpc) is 2.37. The van der Waals surface area contributed by atoms with E-state index in [0.29, 0.717) is 17.0 Å². The minimum atomic E-state index is -0.943. The van der Waals surface area contributed by atoms with Gasteiger partial charge in [0, 0.05) is 5.56 Å². The highest BCUT2D eigenvalue weighted by atomic mass is 16.5. The standard InChI is InChI=1S/C12H15N3O4/c1-7(15-18)9-5-3-4-6-10(9)19-8(2)11(16)14-12(13)17/h3-6,8,18H,1-2H3,(H3,13,14,16,17)/b15-7+. The van der Waals surface area contributed by atoms with Crippen LogP contribution in [-0.2, 0) is 4.79 Å². The Bertz CT molecular complexity index is 513. The average molecular weight is 265 g/mol. The zero-order valence-electron chi connectivity index (χ0n) is 10.6.